The lowest BCUT2D eigenvalue weighted by Crippen LogP contribution is -2.52. The van der Waals surface area contributed by atoms with E-state index < -0.39 is 17.6 Å². The van der Waals surface area contributed by atoms with Crippen molar-refractivity contribution in [3.05, 3.63) is 99.0 Å². The third-order valence-electron chi connectivity index (χ3n) is 10.3. The van der Waals surface area contributed by atoms with Gasteiger partial charge in [-0.05, 0) is 48.7 Å². The number of aromatic amines is 1. The van der Waals surface area contributed by atoms with Crippen molar-refractivity contribution in [1.82, 2.24) is 40.5 Å². The topological polar surface area (TPSA) is 199 Å². The first-order chi connectivity index (χ1) is 28.0. The molecule has 2 aromatic carbocycles. The van der Waals surface area contributed by atoms with Crippen molar-refractivity contribution < 1.29 is 33.1 Å². The van der Waals surface area contributed by atoms with Gasteiger partial charge in [0.1, 0.15) is 5.82 Å². The number of piperidine rings is 1. The number of anilines is 1. The van der Waals surface area contributed by atoms with Crippen LogP contribution in [0.3, 0.4) is 0 Å². The van der Waals surface area contributed by atoms with Crippen LogP contribution in [0.1, 0.15) is 70.3 Å². The van der Waals surface area contributed by atoms with Crippen LogP contribution in [0.15, 0.2) is 59.5 Å². The number of ether oxygens (including phenoxy) is 1. The number of likely N-dealkylation sites (tertiary alicyclic amines) is 1. The van der Waals surface area contributed by atoms with Gasteiger partial charge < -0.3 is 35.4 Å². The van der Waals surface area contributed by atoms with Crippen LogP contribution in [0, 0.1) is 5.82 Å². The van der Waals surface area contributed by atoms with Crippen molar-refractivity contribution in [2.45, 2.75) is 39.0 Å². The highest BCUT2D eigenvalue weighted by Gasteiger charge is 2.28. The Morgan fingerprint density at radius 2 is 1.71 bits per heavy atom. The summed E-state index contributed by atoms with van der Waals surface area (Å²) < 4.78 is 20.5. The number of nitrogens with one attached hydrogen (secondary N) is 4. The fourth-order valence-corrected chi connectivity index (χ4v) is 7.21. The largest absolute Gasteiger partial charge is 0.378 e. The molecular weight excluding hydrogens is 750 g/mol. The molecular formula is C41H48FN9O7. The Hall–Kier alpha value is -6.07. The number of fused-ring (bicyclic) bond motifs is 1. The van der Waals surface area contributed by atoms with Crippen LogP contribution in [0.25, 0.3) is 10.8 Å². The van der Waals surface area contributed by atoms with E-state index in [0.29, 0.717) is 73.3 Å². The highest BCUT2D eigenvalue weighted by Crippen LogP contribution is 2.30. The number of pyridine rings is 1. The number of carbonyl (C=O) groups is 5. The molecule has 4 N–H and O–H groups in total. The monoisotopic (exact) mass is 797 g/mol. The number of nitrogens with zero attached hydrogens (tertiary/aromatic N) is 5. The molecule has 58 heavy (non-hydrogen) atoms. The zero-order valence-electron chi connectivity index (χ0n) is 32.6. The van der Waals surface area contributed by atoms with Crippen LogP contribution in [0.2, 0.25) is 0 Å². The van der Waals surface area contributed by atoms with Crippen molar-refractivity contribution in [1.29, 1.82) is 0 Å². The summed E-state index contributed by atoms with van der Waals surface area (Å²) in [6.07, 6.45) is 3.01. The molecule has 2 aliphatic rings. The highest BCUT2D eigenvalue weighted by atomic mass is 19.1. The molecule has 1 atom stereocenters. The molecule has 0 saturated carbocycles. The average molecular weight is 798 g/mol. The van der Waals surface area contributed by atoms with Crippen LogP contribution in [-0.2, 0) is 25.5 Å². The molecule has 0 aliphatic carbocycles. The van der Waals surface area contributed by atoms with E-state index in [1.54, 1.807) is 46.3 Å². The molecule has 2 saturated heterocycles. The number of aromatic nitrogens is 3. The number of carbonyl (C=O) groups excluding carboxylic acids is 5. The quantitative estimate of drug-likeness (QED) is 0.129. The minimum Gasteiger partial charge on any atom is -0.378 e. The summed E-state index contributed by atoms with van der Waals surface area (Å²) in [5, 5.41) is 16.4. The van der Waals surface area contributed by atoms with Gasteiger partial charge in [-0.1, -0.05) is 24.3 Å². The molecule has 1 unspecified atom stereocenters. The molecule has 0 spiro atoms. The first-order valence-corrected chi connectivity index (χ1v) is 19.5. The summed E-state index contributed by atoms with van der Waals surface area (Å²) in [5.74, 6) is -1.87. The van der Waals surface area contributed by atoms with E-state index in [2.05, 4.69) is 31.1 Å². The Labute approximate surface area is 334 Å². The van der Waals surface area contributed by atoms with E-state index in [1.807, 2.05) is 13.0 Å². The number of likely N-dealkylation sites (N-methyl/N-ethyl adjacent to an activating group) is 1. The zero-order chi connectivity index (χ0) is 41.2. The lowest BCUT2D eigenvalue weighted by Gasteiger charge is -2.35. The standard InChI is InChI=1S/C41H48FN9O7/c1-3-49-25-28(9-11-36(49)53)29-22-35(46-26(2)52)38(45-23-29)40(56)44-13-19-58-18-12-43-24-37(54)50-14-16-51(17-15-50)41(57)32-20-27(8-10-33(32)42)21-34-30-6-4-5-7-31(30)39(55)48-47-34/h4-8,10,20,22-23,28,43H,3,9,11-19,21,24-25H2,1-2H3,(H,44,56)(H,46,52)(H,48,55). The third kappa shape index (κ3) is 10.3. The second-order valence-electron chi connectivity index (χ2n) is 14.3. The van der Waals surface area contributed by atoms with E-state index in [4.69, 9.17) is 4.74 Å². The first-order valence-electron chi connectivity index (χ1n) is 19.5. The fourth-order valence-electron chi connectivity index (χ4n) is 7.21. The predicted octanol–water partition coefficient (Wildman–Crippen LogP) is 2.05. The molecule has 5 amide bonds. The summed E-state index contributed by atoms with van der Waals surface area (Å²) in [6.45, 7) is 6.71. The smallest absolute Gasteiger partial charge is 0.272 e. The number of piperazine rings is 1. The summed E-state index contributed by atoms with van der Waals surface area (Å²) in [7, 11) is 0. The second-order valence-corrected chi connectivity index (χ2v) is 14.3. The SMILES string of the molecule is CCN1CC(c2cnc(C(=O)NCCOCCNCC(=O)N3CCN(C(=O)c4cc(Cc5n[nH]c(=O)c6ccccc56)ccc4F)CC3)c(NC(C)=O)c2)CCC1=O. The van der Waals surface area contributed by atoms with Gasteiger partial charge in [-0.3, -0.25) is 28.8 Å². The number of halogens is 1. The minimum absolute atomic E-state index is 0.0537. The van der Waals surface area contributed by atoms with Gasteiger partial charge in [0.05, 0.1) is 42.1 Å². The maximum atomic E-state index is 14.9. The van der Waals surface area contributed by atoms with Crippen molar-refractivity contribution in [2.24, 2.45) is 0 Å². The minimum atomic E-state index is -0.641. The van der Waals surface area contributed by atoms with Crippen molar-refractivity contribution in [3.63, 3.8) is 0 Å². The molecule has 2 aromatic heterocycles. The number of hydrogen-bond acceptors (Lipinski definition) is 10. The lowest BCUT2D eigenvalue weighted by atomic mass is 9.91. The Morgan fingerprint density at radius 3 is 2.47 bits per heavy atom. The normalized spacial score (nSPS) is 15.7. The van der Waals surface area contributed by atoms with Gasteiger partial charge in [0.15, 0.2) is 5.69 Å². The Bertz CT molecular complexity index is 2220. The molecule has 2 fully saturated rings. The van der Waals surface area contributed by atoms with Crippen LogP contribution < -0.4 is 21.5 Å². The highest BCUT2D eigenvalue weighted by molar-refractivity contribution is 6.02. The Morgan fingerprint density at radius 1 is 0.966 bits per heavy atom. The number of H-pyrrole nitrogens is 1. The molecule has 4 heterocycles. The second kappa shape index (κ2) is 19.4. The molecule has 17 heteroatoms. The van der Waals surface area contributed by atoms with Crippen molar-refractivity contribution >= 4 is 46.0 Å². The van der Waals surface area contributed by atoms with Crippen molar-refractivity contribution in [2.75, 3.05) is 77.4 Å². The van der Waals surface area contributed by atoms with E-state index in [1.165, 1.54) is 24.0 Å². The van der Waals surface area contributed by atoms with E-state index in [9.17, 15) is 33.2 Å². The maximum absolute atomic E-state index is 14.9. The third-order valence-corrected chi connectivity index (χ3v) is 10.3. The molecule has 0 radical (unpaired) electrons. The molecule has 0 bridgehead atoms. The summed E-state index contributed by atoms with van der Waals surface area (Å²) in [4.78, 5) is 84.8. The van der Waals surface area contributed by atoms with Gasteiger partial charge in [0, 0.05) is 89.6 Å². The van der Waals surface area contributed by atoms with Gasteiger partial charge in [0.2, 0.25) is 17.7 Å². The molecule has 4 aromatic rings. The van der Waals surface area contributed by atoms with Crippen LogP contribution in [0.5, 0.6) is 0 Å². The summed E-state index contributed by atoms with van der Waals surface area (Å²) >= 11 is 0. The van der Waals surface area contributed by atoms with Gasteiger partial charge >= 0.3 is 0 Å². The number of rotatable bonds is 15. The summed E-state index contributed by atoms with van der Waals surface area (Å²) in [5.41, 5.74) is 2.13. The van der Waals surface area contributed by atoms with E-state index in [0.717, 1.165) is 5.56 Å². The molecule has 306 valence electrons. The molecule has 6 rings (SSSR count). The van der Waals surface area contributed by atoms with E-state index >= 15 is 0 Å². The van der Waals surface area contributed by atoms with Crippen molar-refractivity contribution in [3.8, 4) is 0 Å². The zero-order valence-corrected chi connectivity index (χ0v) is 32.6. The van der Waals surface area contributed by atoms with Crippen LogP contribution >= 0.6 is 0 Å². The molecule has 16 nitrogen and oxygen atoms in total. The number of benzene rings is 2. The number of amides is 5. The van der Waals surface area contributed by atoms with Crippen LogP contribution in [-0.4, -0.2) is 132 Å². The van der Waals surface area contributed by atoms with Gasteiger partial charge in [0.25, 0.3) is 17.4 Å². The predicted molar refractivity (Wildman–Crippen MR) is 213 cm³/mol. The maximum Gasteiger partial charge on any atom is 0.272 e. The lowest BCUT2D eigenvalue weighted by molar-refractivity contribution is -0.133. The average Bonchev–Trinajstić information content (AvgIpc) is 3.23. The van der Waals surface area contributed by atoms with Crippen LogP contribution in [0.4, 0.5) is 10.1 Å². The number of hydrogen-bond donors (Lipinski definition) is 4. The first kappa shape index (κ1) is 41.6. The molecule has 2 aliphatic heterocycles. The van der Waals surface area contributed by atoms with E-state index in [-0.39, 0.29) is 86.3 Å². The Kier molecular flexibility index (Phi) is 13.9. The van der Waals surface area contributed by atoms with Gasteiger partial charge in [-0.15, -0.1) is 0 Å². The fraction of sp³-hybridized carbons (Fsp3) is 0.415. The Balaban J connectivity index is 0.889. The van der Waals surface area contributed by atoms with Gasteiger partial charge in [-0.2, -0.15) is 5.10 Å². The van der Waals surface area contributed by atoms with Gasteiger partial charge in [-0.25, -0.2) is 14.5 Å². The summed E-state index contributed by atoms with van der Waals surface area (Å²) in [6, 6.07) is 13.2.